The molecule has 4 aromatic heterocycles. The predicted octanol–water partition coefficient (Wildman–Crippen LogP) is 3.57. The number of aryl methyl sites for hydroxylation is 1. The minimum Gasteiger partial charge on any atom is -0.358 e. The zero-order valence-corrected chi connectivity index (χ0v) is 15.5. The maximum absolute atomic E-state index is 4.86. The number of hydrogen-bond donors (Lipinski definition) is 2. The van der Waals surface area contributed by atoms with Gasteiger partial charge in [0.15, 0.2) is 17.1 Å². The van der Waals surface area contributed by atoms with Gasteiger partial charge in [-0.25, -0.2) is 24.9 Å². The Bertz CT molecular complexity index is 1290. The van der Waals surface area contributed by atoms with E-state index in [2.05, 4.69) is 60.8 Å². The smallest absolute Gasteiger partial charge is 0.182 e. The molecule has 0 radical (unpaired) electrons. The number of fused-ring (bicyclic) bond motifs is 2. The first kappa shape index (κ1) is 16.4. The van der Waals surface area contributed by atoms with Gasteiger partial charge >= 0.3 is 0 Å². The summed E-state index contributed by atoms with van der Waals surface area (Å²) in [6, 6.07) is 12.0. The highest BCUT2D eigenvalue weighted by Gasteiger charge is 2.21. The first-order chi connectivity index (χ1) is 13.7. The Balaban J connectivity index is 1.65. The lowest BCUT2D eigenvalue weighted by molar-refractivity contribution is 0.765. The van der Waals surface area contributed by atoms with E-state index in [1.807, 2.05) is 24.3 Å². The zero-order chi connectivity index (χ0) is 19.1. The van der Waals surface area contributed by atoms with Crippen LogP contribution < -0.4 is 5.32 Å². The number of nitrogens with one attached hydrogen (secondary N) is 2. The van der Waals surface area contributed by atoms with Crippen molar-refractivity contribution in [1.29, 1.82) is 0 Å². The number of pyridine rings is 1. The Labute approximate surface area is 160 Å². The zero-order valence-electron chi connectivity index (χ0n) is 15.5. The van der Waals surface area contributed by atoms with Crippen molar-refractivity contribution < 1.29 is 0 Å². The van der Waals surface area contributed by atoms with Crippen molar-refractivity contribution in [3.63, 3.8) is 0 Å². The first-order valence-electron chi connectivity index (χ1n) is 9.02. The minimum atomic E-state index is -0.129. The molecule has 5 aromatic rings. The van der Waals surface area contributed by atoms with Crippen molar-refractivity contribution in [2.75, 3.05) is 5.32 Å². The van der Waals surface area contributed by atoms with E-state index in [1.165, 1.54) is 6.33 Å². The largest absolute Gasteiger partial charge is 0.358 e. The van der Waals surface area contributed by atoms with Crippen LogP contribution in [0.25, 0.3) is 28.0 Å². The maximum Gasteiger partial charge on any atom is 0.182 e. The number of rotatable bonds is 4. The van der Waals surface area contributed by atoms with Gasteiger partial charge in [-0.1, -0.05) is 18.2 Å². The van der Waals surface area contributed by atoms with Crippen LogP contribution in [0, 0.1) is 6.92 Å². The highest BCUT2D eigenvalue weighted by Crippen LogP contribution is 2.28. The first-order valence-corrected chi connectivity index (χ1v) is 9.02. The third-order valence-electron chi connectivity index (χ3n) is 4.76. The number of aromatic nitrogens is 7. The van der Waals surface area contributed by atoms with Gasteiger partial charge < -0.3 is 10.3 Å². The summed E-state index contributed by atoms with van der Waals surface area (Å²) in [5, 5.41) is 3.44. The molecule has 8 nitrogen and oxygen atoms in total. The Morgan fingerprint density at radius 1 is 1.04 bits per heavy atom. The lowest BCUT2D eigenvalue weighted by atomic mass is 10.2. The molecular formula is C20H18N8. The van der Waals surface area contributed by atoms with Gasteiger partial charge in [0.25, 0.3) is 0 Å². The second-order valence-electron chi connectivity index (χ2n) is 6.63. The van der Waals surface area contributed by atoms with E-state index >= 15 is 0 Å². The van der Waals surface area contributed by atoms with Crippen molar-refractivity contribution in [3.05, 3.63) is 66.6 Å². The van der Waals surface area contributed by atoms with E-state index in [0.717, 1.165) is 33.8 Å². The Morgan fingerprint density at radius 2 is 1.93 bits per heavy atom. The van der Waals surface area contributed by atoms with Gasteiger partial charge in [0.1, 0.15) is 23.2 Å². The fraction of sp³-hybridized carbons (Fsp3) is 0.150. The molecule has 0 aliphatic heterocycles. The fourth-order valence-electron chi connectivity index (χ4n) is 3.42. The van der Waals surface area contributed by atoms with Gasteiger partial charge in [-0.2, -0.15) is 0 Å². The standard InChI is InChI=1S/C20H18N8/c1-12-6-3-4-8-15(12)28-19(27-14-7-5-9-21-20(14)28)13(2)26-18-16-17(23-10-22-16)24-11-25-18/h3-11,13H,1-2H3,(H2,22,23,24,25,26). The molecule has 0 bridgehead atoms. The molecule has 2 N–H and O–H groups in total. The van der Waals surface area contributed by atoms with E-state index in [-0.39, 0.29) is 6.04 Å². The van der Waals surface area contributed by atoms with E-state index in [4.69, 9.17) is 4.98 Å². The average Bonchev–Trinajstić information content (AvgIpc) is 3.33. The number of benzene rings is 1. The van der Waals surface area contributed by atoms with Crippen molar-refractivity contribution in [3.8, 4) is 5.69 Å². The molecule has 0 saturated carbocycles. The van der Waals surface area contributed by atoms with Crippen LogP contribution in [0.2, 0.25) is 0 Å². The summed E-state index contributed by atoms with van der Waals surface area (Å²) in [6.07, 6.45) is 4.91. The van der Waals surface area contributed by atoms with Crippen LogP contribution in [-0.2, 0) is 0 Å². The summed E-state index contributed by atoms with van der Waals surface area (Å²) in [5.41, 5.74) is 5.28. The Hall–Kier alpha value is -3.81. The number of nitrogens with zero attached hydrogens (tertiary/aromatic N) is 6. The molecule has 1 atom stereocenters. The predicted molar refractivity (Wildman–Crippen MR) is 107 cm³/mol. The molecule has 0 amide bonds. The lowest BCUT2D eigenvalue weighted by Crippen LogP contribution is -2.15. The van der Waals surface area contributed by atoms with Crippen molar-refractivity contribution in [1.82, 2.24) is 34.5 Å². The van der Waals surface area contributed by atoms with E-state index in [9.17, 15) is 0 Å². The van der Waals surface area contributed by atoms with Crippen LogP contribution in [0.4, 0.5) is 5.82 Å². The summed E-state index contributed by atoms with van der Waals surface area (Å²) in [5.74, 6) is 1.54. The van der Waals surface area contributed by atoms with Crippen molar-refractivity contribution in [2.24, 2.45) is 0 Å². The topological polar surface area (TPSA) is 97.2 Å². The Kier molecular flexibility index (Phi) is 3.75. The number of para-hydroxylation sites is 1. The fourth-order valence-corrected chi connectivity index (χ4v) is 3.42. The van der Waals surface area contributed by atoms with Gasteiger partial charge in [0, 0.05) is 6.20 Å². The SMILES string of the molecule is Cc1ccccc1-n1c(C(C)Nc2ncnc3nc[nH]c23)nc2cccnc21. The van der Waals surface area contributed by atoms with Gasteiger partial charge in [0.2, 0.25) is 0 Å². The molecular weight excluding hydrogens is 352 g/mol. The molecule has 28 heavy (non-hydrogen) atoms. The summed E-state index contributed by atoms with van der Waals surface area (Å²) in [4.78, 5) is 25.3. The molecule has 0 aliphatic carbocycles. The number of H-pyrrole nitrogens is 1. The van der Waals surface area contributed by atoms with Crippen LogP contribution in [0.15, 0.2) is 55.2 Å². The second kappa shape index (κ2) is 6.41. The van der Waals surface area contributed by atoms with Crippen LogP contribution in [0.1, 0.15) is 24.4 Å². The Morgan fingerprint density at radius 3 is 2.82 bits per heavy atom. The number of aromatic amines is 1. The van der Waals surface area contributed by atoms with Crippen LogP contribution in [0.3, 0.4) is 0 Å². The molecule has 138 valence electrons. The molecule has 8 heteroatoms. The number of anilines is 1. The molecule has 5 rings (SSSR count). The van der Waals surface area contributed by atoms with Gasteiger partial charge in [-0.15, -0.1) is 0 Å². The quantitative estimate of drug-likeness (QED) is 0.502. The van der Waals surface area contributed by atoms with Gasteiger partial charge in [0.05, 0.1) is 18.1 Å². The summed E-state index contributed by atoms with van der Waals surface area (Å²) in [6.45, 7) is 4.14. The number of imidazole rings is 2. The normalized spacial score (nSPS) is 12.5. The van der Waals surface area contributed by atoms with Crippen LogP contribution in [0.5, 0.6) is 0 Å². The molecule has 1 unspecified atom stereocenters. The van der Waals surface area contributed by atoms with Gasteiger partial charge in [-0.3, -0.25) is 4.57 Å². The number of hydrogen-bond acceptors (Lipinski definition) is 6. The van der Waals surface area contributed by atoms with Crippen molar-refractivity contribution in [2.45, 2.75) is 19.9 Å². The molecule has 1 aromatic carbocycles. The third-order valence-corrected chi connectivity index (χ3v) is 4.76. The summed E-state index contributed by atoms with van der Waals surface area (Å²) < 4.78 is 2.10. The molecule has 0 saturated heterocycles. The molecule has 0 aliphatic rings. The van der Waals surface area contributed by atoms with E-state index < -0.39 is 0 Å². The van der Waals surface area contributed by atoms with E-state index in [1.54, 1.807) is 12.5 Å². The average molecular weight is 370 g/mol. The van der Waals surface area contributed by atoms with E-state index in [0.29, 0.717) is 11.5 Å². The summed E-state index contributed by atoms with van der Waals surface area (Å²) >= 11 is 0. The van der Waals surface area contributed by atoms with Crippen LogP contribution >= 0.6 is 0 Å². The van der Waals surface area contributed by atoms with Crippen molar-refractivity contribution >= 4 is 28.1 Å². The molecule has 0 spiro atoms. The maximum atomic E-state index is 4.86. The highest BCUT2D eigenvalue weighted by molar-refractivity contribution is 5.82. The monoisotopic (exact) mass is 370 g/mol. The lowest BCUT2D eigenvalue weighted by Gasteiger charge is -2.17. The third kappa shape index (κ3) is 2.58. The molecule has 4 heterocycles. The van der Waals surface area contributed by atoms with Crippen LogP contribution in [-0.4, -0.2) is 34.5 Å². The molecule has 0 fully saturated rings. The minimum absolute atomic E-state index is 0.129. The highest BCUT2D eigenvalue weighted by atomic mass is 15.2. The summed E-state index contributed by atoms with van der Waals surface area (Å²) in [7, 11) is 0. The van der Waals surface area contributed by atoms with Gasteiger partial charge in [-0.05, 0) is 37.6 Å². The second-order valence-corrected chi connectivity index (χ2v) is 6.63.